The number of benzene rings is 1. The van der Waals surface area contributed by atoms with E-state index in [1.54, 1.807) is 28.3 Å². The summed E-state index contributed by atoms with van der Waals surface area (Å²) in [6.07, 6.45) is 9.83. The molecule has 0 saturated heterocycles. The molecule has 0 aliphatic carbocycles. The van der Waals surface area contributed by atoms with Gasteiger partial charge in [-0.1, -0.05) is 31.9 Å². The van der Waals surface area contributed by atoms with Crippen LogP contribution in [0.2, 0.25) is 0 Å². The molecule has 0 spiro atoms. The van der Waals surface area contributed by atoms with Gasteiger partial charge in [0.1, 0.15) is 12.7 Å². The van der Waals surface area contributed by atoms with Gasteiger partial charge in [-0.2, -0.15) is 0 Å². The summed E-state index contributed by atoms with van der Waals surface area (Å²) < 4.78 is 1.79. The first kappa shape index (κ1) is 18.6. The number of pyridine rings is 1. The standard InChI is InChI=1S/C20H24N6O/c1-3-4-10-19(16-7-6-11-21-13-16)25(2)20(27)24-17-8-5-9-18(12-17)26-14-22-23-15-26/h5-9,11-15,19H,3-4,10H2,1-2H3,(H,24,27). The van der Waals surface area contributed by atoms with Crippen molar-refractivity contribution in [3.8, 4) is 5.69 Å². The van der Waals surface area contributed by atoms with Crippen LogP contribution in [0, 0.1) is 0 Å². The predicted octanol–water partition coefficient (Wildman–Crippen LogP) is 4.06. The van der Waals surface area contributed by atoms with E-state index >= 15 is 0 Å². The van der Waals surface area contributed by atoms with Gasteiger partial charge in [0.15, 0.2) is 0 Å². The number of unbranched alkanes of at least 4 members (excludes halogenated alkanes) is 1. The van der Waals surface area contributed by atoms with Gasteiger partial charge in [-0.15, -0.1) is 10.2 Å². The summed E-state index contributed by atoms with van der Waals surface area (Å²) in [7, 11) is 1.83. The highest BCUT2D eigenvalue weighted by atomic mass is 16.2. The minimum absolute atomic E-state index is 0.0142. The SMILES string of the molecule is CCCCC(c1cccnc1)N(C)C(=O)Nc1cccc(-n2cnnc2)c1. The molecule has 1 aromatic carbocycles. The number of aromatic nitrogens is 4. The topological polar surface area (TPSA) is 75.9 Å². The normalized spacial score (nSPS) is 11.8. The summed E-state index contributed by atoms with van der Waals surface area (Å²) in [5, 5.41) is 10.6. The van der Waals surface area contributed by atoms with Crippen molar-refractivity contribution in [2.45, 2.75) is 32.2 Å². The number of hydrogen-bond acceptors (Lipinski definition) is 4. The Bertz CT molecular complexity index is 850. The number of urea groups is 1. The number of carbonyl (C=O) groups excluding carboxylic acids is 1. The van der Waals surface area contributed by atoms with Crippen molar-refractivity contribution in [1.29, 1.82) is 0 Å². The number of carbonyl (C=O) groups is 1. The lowest BCUT2D eigenvalue weighted by Crippen LogP contribution is -2.35. The third kappa shape index (κ3) is 4.69. The van der Waals surface area contributed by atoms with Crippen molar-refractivity contribution in [3.05, 3.63) is 67.0 Å². The molecular formula is C20H24N6O. The van der Waals surface area contributed by atoms with Gasteiger partial charge in [0.2, 0.25) is 0 Å². The van der Waals surface area contributed by atoms with Crippen LogP contribution in [0.5, 0.6) is 0 Å². The summed E-state index contributed by atoms with van der Waals surface area (Å²) in [6, 6.07) is 11.3. The van der Waals surface area contributed by atoms with Gasteiger partial charge in [-0.3, -0.25) is 9.55 Å². The zero-order valence-corrected chi connectivity index (χ0v) is 15.6. The molecule has 7 nitrogen and oxygen atoms in total. The van der Waals surface area contributed by atoms with Crippen LogP contribution in [0.25, 0.3) is 5.69 Å². The third-order valence-electron chi connectivity index (χ3n) is 4.50. The molecular weight excluding hydrogens is 340 g/mol. The maximum atomic E-state index is 12.9. The van der Waals surface area contributed by atoms with Crippen LogP contribution in [-0.2, 0) is 0 Å². The second-order valence-electron chi connectivity index (χ2n) is 6.40. The molecule has 7 heteroatoms. The van der Waals surface area contributed by atoms with E-state index in [0.717, 1.165) is 36.2 Å². The van der Waals surface area contributed by atoms with Crippen LogP contribution >= 0.6 is 0 Å². The first-order chi connectivity index (χ1) is 13.2. The molecule has 2 heterocycles. The number of hydrogen-bond donors (Lipinski definition) is 1. The van der Waals surface area contributed by atoms with Crippen molar-refractivity contribution >= 4 is 11.7 Å². The summed E-state index contributed by atoms with van der Waals surface area (Å²) >= 11 is 0. The van der Waals surface area contributed by atoms with Crippen molar-refractivity contribution < 1.29 is 4.79 Å². The highest BCUT2D eigenvalue weighted by Crippen LogP contribution is 2.25. The zero-order valence-electron chi connectivity index (χ0n) is 15.6. The van der Waals surface area contributed by atoms with Crippen LogP contribution < -0.4 is 5.32 Å². The zero-order chi connectivity index (χ0) is 19.1. The van der Waals surface area contributed by atoms with E-state index in [-0.39, 0.29) is 12.1 Å². The number of amides is 2. The molecule has 140 valence electrons. The monoisotopic (exact) mass is 364 g/mol. The summed E-state index contributed by atoms with van der Waals surface area (Å²) in [4.78, 5) is 18.8. The van der Waals surface area contributed by atoms with Crippen LogP contribution in [0.4, 0.5) is 10.5 Å². The fraction of sp³-hybridized carbons (Fsp3) is 0.300. The van der Waals surface area contributed by atoms with Gasteiger partial charge in [0.25, 0.3) is 0 Å². The molecule has 3 aromatic rings. The van der Waals surface area contributed by atoms with Gasteiger partial charge in [-0.25, -0.2) is 4.79 Å². The first-order valence-electron chi connectivity index (χ1n) is 9.08. The van der Waals surface area contributed by atoms with Crippen molar-refractivity contribution in [1.82, 2.24) is 24.6 Å². The maximum Gasteiger partial charge on any atom is 0.322 e. The van der Waals surface area contributed by atoms with Gasteiger partial charge in [0, 0.05) is 25.1 Å². The van der Waals surface area contributed by atoms with Crippen molar-refractivity contribution in [2.24, 2.45) is 0 Å². The molecule has 0 fully saturated rings. The second kappa shape index (κ2) is 8.93. The van der Waals surface area contributed by atoms with E-state index in [0.29, 0.717) is 0 Å². The molecule has 3 rings (SSSR count). The lowest BCUT2D eigenvalue weighted by Gasteiger charge is -2.28. The second-order valence-corrected chi connectivity index (χ2v) is 6.40. The molecule has 0 aliphatic rings. The summed E-state index contributed by atoms with van der Waals surface area (Å²) in [5.41, 5.74) is 2.65. The molecule has 0 saturated carbocycles. The number of nitrogens with zero attached hydrogens (tertiary/aromatic N) is 5. The predicted molar refractivity (Wildman–Crippen MR) is 105 cm³/mol. The van der Waals surface area contributed by atoms with Gasteiger partial charge < -0.3 is 10.2 Å². The van der Waals surface area contributed by atoms with Gasteiger partial charge in [0.05, 0.1) is 11.7 Å². The maximum absolute atomic E-state index is 12.9. The Labute approximate surface area is 159 Å². The Morgan fingerprint density at radius 3 is 2.74 bits per heavy atom. The van der Waals surface area contributed by atoms with E-state index in [4.69, 9.17) is 0 Å². The van der Waals surface area contributed by atoms with E-state index < -0.39 is 0 Å². The highest BCUT2D eigenvalue weighted by Gasteiger charge is 2.21. The highest BCUT2D eigenvalue weighted by molar-refractivity contribution is 5.89. The fourth-order valence-electron chi connectivity index (χ4n) is 2.99. The molecule has 27 heavy (non-hydrogen) atoms. The Hall–Kier alpha value is -3.22. The van der Waals surface area contributed by atoms with E-state index in [1.165, 1.54) is 0 Å². The first-order valence-corrected chi connectivity index (χ1v) is 9.08. The quantitative estimate of drug-likeness (QED) is 0.686. The molecule has 1 N–H and O–H groups in total. The van der Waals surface area contributed by atoms with Crippen LogP contribution in [0.1, 0.15) is 37.8 Å². The average Bonchev–Trinajstić information content (AvgIpc) is 3.24. The minimum Gasteiger partial charge on any atom is -0.320 e. The third-order valence-corrected chi connectivity index (χ3v) is 4.50. The molecule has 2 amide bonds. The number of nitrogens with one attached hydrogen (secondary N) is 1. The van der Waals surface area contributed by atoms with Crippen LogP contribution in [0.15, 0.2) is 61.4 Å². The largest absolute Gasteiger partial charge is 0.322 e. The Morgan fingerprint density at radius 2 is 2.04 bits per heavy atom. The van der Waals surface area contributed by atoms with Crippen molar-refractivity contribution in [3.63, 3.8) is 0 Å². The smallest absolute Gasteiger partial charge is 0.320 e. The number of rotatable bonds is 7. The molecule has 1 atom stereocenters. The van der Waals surface area contributed by atoms with Crippen LogP contribution in [0.3, 0.4) is 0 Å². The lowest BCUT2D eigenvalue weighted by atomic mass is 10.0. The van der Waals surface area contributed by atoms with E-state index in [9.17, 15) is 4.79 Å². The molecule has 2 aromatic heterocycles. The van der Waals surface area contributed by atoms with E-state index in [1.807, 2.05) is 49.6 Å². The Balaban J connectivity index is 1.74. The minimum atomic E-state index is -0.152. The van der Waals surface area contributed by atoms with Crippen LogP contribution in [-0.4, -0.2) is 37.7 Å². The lowest BCUT2D eigenvalue weighted by molar-refractivity contribution is 0.200. The summed E-state index contributed by atoms with van der Waals surface area (Å²) in [6.45, 7) is 2.15. The average molecular weight is 364 g/mol. The Kier molecular flexibility index (Phi) is 6.14. The van der Waals surface area contributed by atoms with Gasteiger partial charge >= 0.3 is 6.03 Å². The molecule has 0 aliphatic heterocycles. The van der Waals surface area contributed by atoms with Crippen molar-refractivity contribution in [2.75, 3.05) is 12.4 Å². The van der Waals surface area contributed by atoms with E-state index in [2.05, 4.69) is 27.4 Å². The summed E-state index contributed by atoms with van der Waals surface area (Å²) in [5.74, 6) is 0. The van der Waals surface area contributed by atoms with Gasteiger partial charge in [-0.05, 0) is 36.2 Å². The molecule has 1 unspecified atom stereocenters. The molecule has 0 radical (unpaired) electrons. The molecule has 0 bridgehead atoms. The number of anilines is 1. The fourth-order valence-corrected chi connectivity index (χ4v) is 2.99. The Morgan fingerprint density at radius 1 is 1.22 bits per heavy atom.